The fourth-order valence-corrected chi connectivity index (χ4v) is 4.01. The average molecular weight is 391 g/mol. The summed E-state index contributed by atoms with van der Waals surface area (Å²) in [7, 11) is -3.62. The molecule has 6 heteroatoms. The highest BCUT2D eigenvalue weighted by atomic mass is 35.5. The zero-order valence-corrected chi connectivity index (χ0v) is 15.1. The van der Waals surface area contributed by atoms with E-state index in [1.807, 2.05) is 0 Å². The highest BCUT2D eigenvalue weighted by molar-refractivity contribution is 7.91. The largest absolute Gasteiger partial charge is 0.289 e. The van der Waals surface area contributed by atoms with E-state index in [4.69, 9.17) is 23.2 Å². The van der Waals surface area contributed by atoms with E-state index < -0.39 is 9.84 Å². The first-order valence-corrected chi connectivity index (χ1v) is 9.53. The maximum Gasteiger partial charge on any atom is 0.206 e. The Kier molecular flexibility index (Phi) is 4.95. The SMILES string of the molecule is O=C(c1ccc(S(=O)(=O)c2ccccc2)cc1)c1cc(Cl)ccc1Cl. The molecule has 3 aromatic carbocycles. The van der Waals surface area contributed by atoms with Crippen LogP contribution in [0.5, 0.6) is 0 Å². The molecule has 0 unspecified atom stereocenters. The number of benzene rings is 3. The third kappa shape index (κ3) is 3.61. The normalized spacial score (nSPS) is 11.3. The maximum atomic E-state index is 12.6. The van der Waals surface area contributed by atoms with Crippen LogP contribution in [-0.4, -0.2) is 14.2 Å². The van der Waals surface area contributed by atoms with Crippen molar-refractivity contribution < 1.29 is 13.2 Å². The minimum Gasteiger partial charge on any atom is -0.289 e. The smallest absolute Gasteiger partial charge is 0.206 e. The molecule has 0 bridgehead atoms. The number of ketones is 1. The van der Waals surface area contributed by atoms with Crippen LogP contribution in [0.2, 0.25) is 10.0 Å². The number of sulfone groups is 1. The summed E-state index contributed by atoms with van der Waals surface area (Å²) in [5.74, 6) is -0.323. The Morgan fingerprint density at radius 3 is 2.00 bits per heavy atom. The van der Waals surface area contributed by atoms with E-state index in [2.05, 4.69) is 0 Å². The number of rotatable bonds is 4. The van der Waals surface area contributed by atoms with Crippen molar-refractivity contribution in [2.45, 2.75) is 9.79 Å². The molecule has 0 amide bonds. The van der Waals surface area contributed by atoms with Crippen molar-refractivity contribution in [2.24, 2.45) is 0 Å². The van der Waals surface area contributed by atoms with Crippen LogP contribution in [0.25, 0.3) is 0 Å². The summed E-state index contributed by atoms with van der Waals surface area (Å²) in [6.45, 7) is 0. The standard InChI is InChI=1S/C19H12Cl2O3S/c20-14-8-11-18(21)17(12-14)19(22)13-6-9-16(10-7-13)25(23,24)15-4-2-1-3-5-15/h1-12H. The molecule has 0 heterocycles. The Labute approximate surface area is 155 Å². The molecule has 126 valence electrons. The molecule has 0 spiro atoms. The monoisotopic (exact) mass is 390 g/mol. The van der Waals surface area contributed by atoms with E-state index in [1.54, 1.807) is 30.3 Å². The highest BCUT2D eigenvalue weighted by Crippen LogP contribution is 2.25. The highest BCUT2D eigenvalue weighted by Gasteiger charge is 2.19. The summed E-state index contributed by atoms with van der Waals surface area (Å²) in [6, 6.07) is 18.5. The summed E-state index contributed by atoms with van der Waals surface area (Å²) in [4.78, 5) is 12.9. The van der Waals surface area contributed by atoms with Gasteiger partial charge in [-0.05, 0) is 54.6 Å². The lowest BCUT2D eigenvalue weighted by Crippen LogP contribution is -2.05. The molecule has 0 saturated heterocycles. The predicted octanol–water partition coefficient (Wildman–Crippen LogP) is 5.06. The second-order valence-corrected chi connectivity index (χ2v) is 8.09. The van der Waals surface area contributed by atoms with Crippen LogP contribution in [0.4, 0.5) is 0 Å². The van der Waals surface area contributed by atoms with Gasteiger partial charge in [-0.25, -0.2) is 8.42 Å². The van der Waals surface area contributed by atoms with Crippen LogP contribution in [-0.2, 0) is 9.84 Å². The number of carbonyl (C=O) groups is 1. The summed E-state index contributed by atoms with van der Waals surface area (Å²) in [5, 5.41) is 0.686. The molecule has 0 aliphatic rings. The lowest BCUT2D eigenvalue weighted by Gasteiger charge is -2.07. The van der Waals surface area contributed by atoms with Gasteiger partial charge in [0.1, 0.15) is 0 Å². The molecule has 0 saturated carbocycles. The minimum atomic E-state index is -3.62. The van der Waals surface area contributed by atoms with Crippen molar-refractivity contribution in [3.63, 3.8) is 0 Å². The van der Waals surface area contributed by atoms with Crippen LogP contribution in [0.15, 0.2) is 82.6 Å². The van der Waals surface area contributed by atoms with Crippen molar-refractivity contribution in [1.29, 1.82) is 0 Å². The van der Waals surface area contributed by atoms with Crippen LogP contribution < -0.4 is 0 Å². The van der Waals surface area contributed by atoms with E-state index in [0.717, 1.165) is 0 Å². The van der Waals surface area contributed by atoms with Gasteiger partial charge in [0.05, 0.1) is 14.8 Å². The number of hydrogen-bond donors (Lipinski definition) is 0. The molecule has 3 rings (SSSR count). The van der Waals surface area contributed by atoms with Crippen molar-refractivity contribution in [3.8, 4) is 0 Å². The Balaban J connectivity index is 1.95. The maximum absolute atomic E-state index is 12.6. The van der Waals surface area contributed by atoms with Crippen molar-refractivity contribution in [3.05, 3.63) is 94.0 Å². The third-order valence-corrected chi connectivity index (χ3v) is 6.00. The lowest BCUT2D eigenvalue weighted by molar-refractivity contribution is 0.103. The Morgan fingerprint density at radius 1 is 0.760 bits per heavy atom. The average Bonchev–Trinajstić information content (AvgIpc) is 2.64. The molecule has 25 heavy (non-hydrogen) atoms. The molecule has 0 radical (unpaired) electrons. The van der Waals surface area contributed by atoms with Gasteiger partial charge in [-0.3, -0.25) is 4.79 Å². The molecule has 3 aromatic rings. The van der Waals surface area contributed by atoms with Gasteiger partial charge in [-0.2, -0.15) is 0 Å². The quantitative estimate of drug-likeness (QED) is 0.585. The number of halogens is 2. The van der Waals surface area contributed by atoms with Crippen LogP contribution in [0.1, 0.15) is 15.9 Å². The zero-order chi connectivity index (χ0) is 18.0. The summed E-state index contributed by atoms with van der Waals surface area (Å²) >= 11 is 12.0. The summed E-state index contributed by atoms with van der Waals surface area (Å²) in [6.07, 6.45) is 0. The van der Waals surface area contributed by atoms with E-state index in [1.165, 1.54) is 42.5 Å². The molecule has 0 aromatic heterocycles. The molecule has 0 N–H and O–H groups in total. The number of hydrogen-bond acceptors (Lipinski definition) is 3. The van der Waals surface area contributed by atoms with Gasteiger partial charge in [0.2, 0.25) is 9.84 Å². The Hall–Kier alpha value is -2.14. The Morgan fingerprint density at radius 2 is 1.36 bits per heavy atom. The third-order valence-electron chi connectivity index (χ3n) is 3.65. The van der Waals surface area contributed by atoms with Gasteiger partial charge >= 0.3 is 0 Å². The fourth-order valence-electron chi connectivity index (χ4n) is 2.35. The van der Waals surface area contributed by atoms with Crippen molar-refractivity contribution >= 4 is 38.8 Å². The molecule has 0 fully saturated rings. The second-order valence-electron chi connectivity index (χ2n) is 5.29. The van der Waals surface area contributed by atoms with Crippen LogP contribution in [0, 0.1) is 0 Å². The van der Waals surface area contributed by atoms with Gasteiger partial charge in [0.15, 0.2) is 5.78 Å². The lowest BCUT2D eigenvalue weighted by atomic mass is 10.0. The van der Waals surface area contributed by atoms with Crippen molar-refractivity contribution in [2.75, 3.05) is 0 Å². The van der Waals surface area contributed by atoms with Gasteiger partial charge in [-0.1, -0.05) is 41.4 Å². The first-order valence-electron chi connectivity index (χ1n) is 7.29. The molecule has 3 nitrogen and oxygen atoms in total. The van der Waals surface area contributed by atoms with Gasteiger partial charge < -0.3 is 0 Å². The zero-order valence-electron chi connectivity index (χ0n) is 12.8. The van der Waals surface area contributed by atoms with Crippen LogP contribution in [0.3, 0.4) is 0 Å². The molecule has 0 aliphatic carbocycles. The van der Waals surface area contributed by atoms with Gasteiger partial charge in [-0.15, -0.1) is 0 Å². The molecular formula is C19H12Cl2O3S. The molecule has 0 aliphatic heterocycles. The first kappa shape index (κ1) is 17.7. The van der Waals surface area contributed by atoms with E-state index in [9.17, 15) is 13.2 Å². The topological polar surface area (TPSA) is 51.2 Å². The van der Waals surface area contributed by atoms with Crippen LogP contribution >= 0.6 is 23.2 Å². The van der Waals surface area contributed by atoms with Gasteiger partial charge in [0.25, 0.3) is 0 Å². The van der Waals surface area contributed by atoms with E-state index in [0.29, 0.717) is 10.6 Å². The van der Waals surface area contributed by atoms with Gasteiger partial charge in [0, 0.05) is 16.1 Å². The Bertz CT molecular complexity index is 1030. The summed E-state index contributed by atoms with van der Waals surface area (Å²) in [5.41, 5.74) is 0.601. The second kappa shape index (κ2) is 7.00. The minimum absolute atomic E-state index is 0.118. The first-order chi connectivity index (χ1) is 11.9. The van der Waals surface area contributed by atoms with Crippen molar-refractivity contribution in [1.82, 2.24) is 0 Å². The fraction of sp³-hybridized carbons (Fsp3) is 0. The number of carbonyl (C=O) groups excluding carboxylic acids is 1. The molecule has 0 atom stereocenters. The molecular weight excluding hydrogens is 379 g/mol. The summed E-state index contributed by atoms with van der Waals surface area (Å²) < 4.78 is 25.1. The van der Waals surface area contributed by atoms with E-state index in [-0.39, 0.29) is 26.2 Å². The predicted molar refractivity (Wildman–Crippen MR) is 98.2 cm³/mol. The van der Waals surface area contributed by atoms with E-state index >= 15 is 0 Å².